The Morgan fingerprint density at radius 3 is 2.55 bits per heavy atom. The van der Waals surface area contributed by atoms with E-state index in [-0.39, 0.29) is 21.9 Å². The third kappa shape index (κ3) is 4.17. The zero-order valence-corrected chi connectivity index (χ0v) is 17.1. The Morgan fingerprint density at radius 1 is 1.28 bits per heavy atom. The van der Waals surface area contributed by atoms with Crippen LogP contribution in [0, 0.1) is 10.1 Å². The number of hydrogen-bond donors (Lipinski definition) is 0. The number of hydrogen-bond acceptors (Lipinski definition) is 6. The Morgan fingerprint density at radius 2 is 1.97 bits per heavy atom. The van der Waals surface area contributed by atoms with Crippen molar-refractivity contribution in [2.75, 3.05) is 5.75 Å². The predicted octanol–water partition coefficient (Wildman–Crippen LogP) is 3.33. The molecule has 1 heterocycles. The highest BCUT2D eigenvalue weighted by Crippen LogP contribution is 2.23. The van der Waals surface area contributed by atoms with Crippen molar-refractivity contribution in [3.8, 4) is 0 Å². The average molecular weight is 431 g/mol. The molecule has 2 aromatic carbocycles. The number of fused-ring (bicyclic) bond motifs is 1. The molecule has 10 heteroatoms. The lowest BCUT2D eigenvalue weighted by atomic mass is 10.2. The Hall–Kier alpha value is -3.11. The van der Waals surface area contributed by atoms with Gasteiger partial charge < -0.3 is 4.57 Å². The zero-order chi connectivity index (χ0) is 21.2. The maximum Gasteiger partial charge on any atom is 0.279 e. The highest BCUT2D eigenvalue weighted by atomic mass is 32.2. The van der Waals surface area contributed by atoms with E-state index in [9.17, 15) is 23.3 Å². The molecule has 0 radical (unpaired) electrons. The zero-order valence-electron chi connectivity index (χ0n) is 15.4. The first-order chi connectivity index (χ1) is 13.8. The van der Waals surface area contributed by atoms with Gasteiger partial charge in [0, 0.05) is 24.2 Å². The molecule has 0 fully saturated rings. The molecule has 0 aliphatic carbocycles. The summed E-state index contributed by atoms with van der Waals surface area (Å²) in [5.41, 5.74) is 0.903. The van der Waals surface area contributed by atoms with Crippen molar-refractivity contribution in [3.05, 3.63) is 75.6 Å². The maximum atomic E-state index is 12.6. The summed E-state index contributed by atoms with van der Waals surface area (Å²) in [6.45, 7) is 5.62. The van der Waals surface area contributed by atoms with E-state index < -0.39 is 20.7 Å². The number of benzene rings is 2. The smallest absolute Gasteiger partial charge is 0.279 e. The molecule has 1 aromatic heterocycles. The molecule has 29 heavy (non-hydrogen) atoms. The average Bonchev–Trinajstić information content (AvgIpc) is 3.04. The van der Waals surface area contributed by atoms with E-state index in [0.717, 1.165) is 11.3 Å². The summed E-state index contributed by atoms with van der Waals surface area (Å²) < 4.78 is 26.2. The molecule has 0 unspecified atom stereocenters. The lowest BCUT2D eigenvalue weighted by Crippen LogP contribution is -2.16. The molecule has 1 amide bonds. The molecule has 3 rings (SSSR count). The number of non-ortho nitro benzene ring substituents is 1. The first-order valence-corrected chi connectivity index (χ1v) is 11.0. The summed E-state index contributed by atoms with van der Waals surface area (Å²) in [5, 5.41) is 11.0. The van der Waals surface area contributed by atoms with Gasteiger partial charge in [-0.1, -0.05) is 24.3 Å². The van der Waals surface area contributed by atoms with E-state index in [1.807, 2.05) is 0 Å². The van der Waals surface area contributed by atoms with Crippen LogP contribution in [-0.2, 0) is 16.4 Å². The number of nitrogens with zero attached hydrogens (tertiary/aromatic N) is 3. The number of nitro benzene ring substituents is 1. The number of sulfone groups is 1. The summed E-state index contributed by atoms with van der Waals surface area (Å²) in [7, 11) is -3.35. The fourth-order valence-electron chi connectivity index (χ4n) is 2.69. The number of aromatic nitrogens is 1. The molecule has 0 aliphatic rings. The van der Waals surface area contributed by atoms with E-state index >= 15 is 0 Å². The van der Waals surface area contributed by atoms with Crippen molar-refractivity contribution in [2.45, 2.75) is 18.4 Å². The van der Waals surface area contributed by atoms with Crippen LogP contribution < -0.4 is 4.80 Å². The van der Waals surface area contributed by atoms with Gasteiger partial charge in [0.05, 0.1) is 25.8 Å². The highest BCUT2D eigenvalue weighted by Gasteiger charge is 2.14. The van der Waals surface area contributed by atoms with Crippen LogP contribution in [0.4, 0.5) is 5.69 Å². The van der Waals surface area contributed by atoms with E-state index in [0.29, 0.717) is 21.6 Å². The first-order valence-electron chi connectivity index (χ1n) is 8.57. The minimum atomic E-state index is -3.35. The standard InChI is InChI=1S/C19H17N3O5S2/c1-3-11-21-16-10-7-14(22(24)25)12-17(16)28-19(21)20-18(23)13-5-8-15(9-6-13)29(26,27)4-2/h3,5-10,12H,1,4,11H2,2H3. The number of carbonyl (C=O) groups is 1. The maximum absolute atomic E-state index is 12.6. The fraction of sp³-hybridized carbons (Fsp3) is 0.158. The van der Waals surface area contributed by atoms with Crippen LogP contribution in [0.25, 0.3) is 10.2 Å². The van der Waals surface area contributed by atoms with Gasteiger partial charge in [-0.2, -0.15) is 4.99 Å². The molecule has 150 valence electrons. The third-order valence-corrected chi connectivity index (χ3v) is 7.02. The van der Waals surface area contributed by atoms with Crippen LogP contribution in [0.1, 0.15) is 17.3 Å². The largest absolute Gasteiger partial charge is 0.312 e. The summed E-state index contributed by atoms with van der Waals surface area (Å²) in [5.74, 6) is -0.565. The van der Waals surface area contributed by atoms with Crippen LogP contribution in [0.15, 0.2) is 65.0 Å². The summed E-state index contributed by atoms with van der Waals surface area (Å²) in [6.07, 6.45) is 1.64. The monoisotopic (exact) mass is 431 g/mol. The van der Waals surface area contributed by atoms with E-state index in [1.165, 1.54) is 36.4 Å². The van der Waals surface area contributed by atoms with Gasteiger partial charge in [0.15, 0.2) is 14.6 Å². The Bertz CT molecular complexity index is 1290. The summed E-state index contributed by atoms with van der Waals surface area (Å²) in [6, 6.07) is 10.1. The predicted molar refractivity (Wildman–Crippen MR) is 111 cm³/mol. The Labute approximate surface area is 170 Å². The Kier molecular flexibility index (Phi) is 5.76. The number of thiazole rings is 1. The lowest BCUT2D eigenvalue weighted by molar-refractivity contribution is -0.384. The highest BCUT2D eigenvalue weighted by molar-refractivity contribution is 7.91. The molecule has 0 atom stereocenters. The van der Waals surface area contributed by atoms with Gasteiger partial charge in [0.1, 0.15) is 0 Å². The summed E-state index contributed by atoms with van der Waals surface area (Å²) in [4.78, 5) is 27.8. The van der Waals surface area contributed by atoms with Crippen LogP contribution in [0.2, 0.25) is 0 Å². The second kappa shape index (κ2) is 8.10. The second-order valence-electron chi connectivity index (χ2n) is 6.04. The van der Waals surface area contributed by atoms with Gasteiger partial charge in [-0.25, -0.2) is 8.42 Å². The molecule has 3 aromatic rings. The van der Waals surface area contributed by atoms with Crippen molar-refractivity contribution < 1.29 is 18.1 Å². The fourth-order valence-corrected chi connectivity index (χ4v) is 4.64. The van der Waals surface area contributed by atoms with Crippen molar-refractivity contribution in [3.63, 3.8) is 0 Å². The van der Waals surface area contributed by atoms with Gasteiger partial charge in [0.25, 0.3) is 11.6 Å². The molecule has 0 bridgehead atoms. The molecular weight excluding hydrogens is 414 g/mol. The van der Waals surface area contributed by atoms with Gasteiger partial charge in [0.2, 0.25) is 0 Å². The van der Waals surface area contributed by atoms with Crippen LogP contribution in [-0.4, -0.2) is 29.6 Å². The number of carbonyl (C=O) groups excluding carboxylic acids is 1. The van der Waals surface area contributed by atoms with Gasteiger partial charge >= 0.3 is 0 Å². The van der Waals surface area contributed by atoms with Crippen molar-refractivity contribution in [1.29, 1.82) is 0 Å². The van der Waals surface area contributed by atoms with Gasteiger partial charge in [-0.15, -0.1) is 6.58 Å². The van der Waals surface area contributed by atoms with Crippen molar-refractivity contribution >= 4 is 43.0 Å². The van der Waals surface area contributed by atoms with E-state index in [1.54, 1.807) is 23.6 Å². The normalized spacial score (nSPS) is 12.2. The minimum Gasteiger partial charge on any atom is -0.312 e. The summed E-state index contributed by atoms with van der Waals surface area (Å²) >= 11 is 1.16. The first kappa shape index (κ1) is 20.6. The number of rotatable bonds is 6. The molecule has 0 N–H and O–H groups in total. The third-order valence-electron chi connectivity index (χ3n) is 4.23. The van der Waals surface area contributed by atoms with E-state index in [4.69, 9.17) is 0 Å². The Balaban J connectivity index is 2.06. The number of allylic oxidation sites excluding steroid dienone is 1. The number of nitro groups is 1. The SMILES string of the molecule is C=CCn1c(=NC(=O)c2ccc(S(=O)(=O)CC)cc2)sc2cc([N+](=O)[O-])ccc21. The number of amides is 1. The lowest BCUT2D eigenvalue weighted by Gasteiger charge is -2.02. The quantitative estimate of drug-likeness (QED) is 0.338. The van der Waals surface area contributed by atoms with Crippen LogP contribution in [0.5, 0.6) is 0 Å². The minimum absolute atomic E-state index is 0.0276. The second-order valence-corrected chi connectivity index (χ2v) is 9.33. The van der Waals surface area contributed by atoms with Crippen molar-refractivity contribution in [2.24, 2.45) is 4.99 Å². The molecule has 0 saturated carbocycles. The molecule has 0 saturated heterocycles. The molecule has 0 spiro atoms. The van der Waals surface area contributed by atoms with Gasteiger partial charge in [-0.05, 0) is 30.3 Å². The molecule has 8 nitrogen and oxygen atoms in total. The van der Waals surface area contributed by atoms with Crippen molar-refractivity contribution in [1.82, 2.24) is 4.57 Å². The molecule has 0 aliphatic heterocycles. The van der Waals surface area contributed by atoms with Crippen LogP contribution >= 0.6 is 11.3 Å². The van der Waals surface area contributed by atoms with E-state index in [2.05, 4.69) is 11.6 Å². The molecular formula is C19H17N3O5S2. The topological polar surface area (TPSA) is 112 Å². The van der Waals surface area contributed by atoms with Gasteiger partial charge in [-0.3, -0.25) is 14.9 Å². The van der Waals surface area contributed by atoms with Crippen LogP contribution in [0.3, 0.4) is 0 Å².